The molecular weight excluding hydrogens is 214 g/mol. The molecule has 82 valence electrons. The maximum absolute atomic E-state index is 11.2. The number of nitrogens with one attached hydrogen (secondary N) is 1. The van der Waals surface area contributed by atoms with Crippen molar-refractivity contribution in [2.24, 2.45) is 0 Å². The summed E-state index contributed by atoms with van der Waals surface area (Å²) >= 11 is 5.75. The normalized spacial score (nSPS) is 9.80. The topological polar surface area (TPSA) is 38.3 Å². The molecule has 3 nitrogen and oxygen atoms in total. The number of hydrogen-bond acceptors (Lipinski definition) is 2. The van der Waals surface area contributed by atoms with Crippen LogP contribution in [0.5, 0.6) is 5.75 Å². The minimum atomic E-state index is -0.451. The van der Waals surface area contributed by atoms with E-state index in [1.807, 2.05) is 26.0 Å². The van der Waals surface area contributed by atoms with Gasteiger partial charge in [0.1, 0.15) is 5.75 Å². The Morgan fingerprint density at radius 1 is 1.53 bits per heavy atom. The number of carbonyl (C=O) groups excluding carboxylic acids is 1. The van der Waals surface area contributed by atoms with E-state index in [-0.39, 0.29) is 0 Å². The molecule has 0 spiro atoms. The Bertz CT molecular complexity index is 352. The summed E-state index contributed by atoms with van der Waals surface area (Å²) in [6.07, 6.45) is -0.451. The highest BCUT2D eigenvalue weighted by Gasteiger charge is 2.07. The lowest BCUT2D eigenvalue weighted by molar-refractivity contribution is 0.201. The van der Waals surface area contributed by atoms with Gasteiger partial charge in [-0.05, 0) is 19.9 Å². The molecule has 0 saturated heterocycles. The highest BCUT2D eigenvalue weighted by atomic mass is 35.5. The SMILES string of the molecule is CCNC(=O)Oc1ccc(C)cc1CCl. The Morgan fingerprint density at radius 2 is 2.27 bits per heavy atom. The third-order valence-electron chi connectivity index (χ3n) is 1.88. The second-order valence-electron chi connectivity index (χ2n) is 3.16. The summed E-state index contributed by atoms with van der Waals surface area (Å²) in [7, 11) is 0. The van der Waals surface area contributed by atoms with Gasteiger partial charge in [-0.25, -0.2) is 4.79 Å². The summed E-state index contributed by atoms with van der Waals surface area (Å²) in [6, 6.07) is 5.54. The molecule has 1 rings (SSSR count). The lowest BCUT2D eigenvalue weighted by Gasteiger charge is -2.09. The molecule has 4 heteroatoms. The predicted molar refractivity (Wildman–Crippen MR) is 60.4 cm³/mol. The van der Waals surface area contributed by atoms with E-state index in [0.717, 1.165) is 11.1 Å². The highest BCUT2D eigenvalue weighted by Crippen LogP contribution is 2.21. The van der Waals surface area contributed by atoms with Gasteiger partial charge in [-0.2, -0.15) is 0 Å². The number of benzene rings is 1. The molecule has 1 aromatic rings. The van der Waals surface area contributed by atoms with E-state index >= 15 is 0 Å². The van der Waals surface area contributed by atoms with E-state index in [1.54, 1.807) is 6.07 Å². The zero-order chi connectivity index (χ0) is 11.3. The van der Waals surface area contributed by atoms with Crippen molar-refractivity contribution < 1.29 is 9.53 Å². The van der Waals surface area contributed by atoms with Gasteiger partial charge in [0.2, 0.25) is 0 Å². The number of hydrogen-bond donors (Lipinski definition) is 1. The largest absolute Gasteiger partial charge is 0.412 e. The predicted octanol–water partition coefficient (Wildman–Crippen LogP) is 2.84. The van der Waals surface area contributed by atoms with Gasteiger partial charge in [-0.15, -0.1) is 11.6 Å². The van der Waals surface area contributed by atoms with Crippen molar-refractivity contribution >= 4 is 17.7 Å². The number of rotatable bonds is 3. The lowest BCUT2D eigenvalue weighted by atomic mass is 10.1. The third kappa shape index (κ3) is 3.44. The van der Waals surface area contributed by atoms with Crippen molar-refractivity contribution in [1.29, 1.82) is 0 Å². The van der Waals surface area contributed by atoms with Crippen molar-refractivity contribution in [3.8, 4) is 5.75 Å². The summed E-state index contributed by atoms with van der Waals surface area (Å²) in [4.78, 5) is 11.2. The molecule has 0 aliphatic heterocycles. The molecule has 0 radical (unpaired) electrons. The van der Waals surface area contributed by atoms with Crippen molar-refractivity contribution in [2.75, 3.05) is 6.54 Å². The Balaban J connectivity index is 2.80. The maximum atomic E-state index is 11.2. The van der Waals surface area contributed by atoms with Crippen molar-refractivity contribution in [3.05, 3.63) is 29.3 Å². The molecule has 1 aromatic carbocycles. The molecule has 0 aliphatic carbocycles. The first-order valence-electron chi connectivity index (χ1n) is 4.78. The van der Waals surface area contributed by atoms with Crippen LogP contribution in [0.1, 0.15) is 18.1 Å². The van der Waals surface area contributed by atoms with Crippen LogP contribution < -0.4 is 10.1 Å². The lowest BCUT2D eigenvalue weighted by Crippen LogP contribution is -2.26. The molecule has 0 atom stereocenters. The van der Waals surface area contributed by atoms with E-state index in [4.69, 9.17) is 16.3 Å². The highest BCUT2D eigenvalue weighted by molar-refractivity contribution is 6.17. The summed E-state index contributed by atoms with van der Waals surface area (Å²) in [6.45, 7) is 4.34. The summed E-state index contributed by atoms with van der Waals surface area (Å²) < 4.78 is 5.10. The monoisotopic (exact) mass is 227 g/mol. The minimum absolute atomic E-state index is 0.330. The van der Waals surface area contributed by atoms with Gasteiger partial charge in [-0.1, -0.05) is 17.7 Å². The molecule has 15 heavy (non-hydrogen) atoms. The molecule has 0 aliphatic rings. The van der Waals surface area contributed by atoms with Gasteiger partial charge < -0.3 is 10.1 Å². The summed E-state index contributed by atoms with van der Waals surface area (Å²) in [5.41, 5.74) is 1.91. The van der Waals surface area contributed by atoms with Crippen LogP contribution in [0.3, 0.4) is 0 Å². The average molecular weight is 228 g/mol. The van der Waals surface area contributed by atoms with Gasteiger partial charge >= 0.3 is 6.09 Å². The van der Waals surface area contributed by atoms with E-state index in [1.165, 1.54) is 0 Å². The van der Waals surface area contributed by atoms with Gasteiger partial charge in [0, 0.05) is 12.1 Å². The fourth-order valence-electron chi connectivity index (χ4n) is 1.19. The molecule has 0 unspecified atom stereocenters. The smallest absolute Gasteiger partial charge is 0.410 e. The first-order chi connectivity index (χ1) is 7.17. The number of amides is 1. The number of carbonyl (C=O) groups is 1. The summed E-state index contributed by atoms with van der Waals surface area (Å²) in [5.74, 6) is 0.845. The van der Waals surface area contributed by atoms with E-state index in [0.29, 0.717) is 18.2 Å². The van der Waals surface area contributed by atoms with Crippen LogP contribution in [-0.2, 0) is 5.88 Å². The Morgan fingerprint density at radius 3 is 2.87 bits per heavy atom. The number of aryl methyl sites for hydroxylation is 1. The fourth-order valence-corrected chi connectivity index (χ4v) is 1.40. The molecule has 0 saturated carbocycles. The second-order valence-corrected chi connectivity index (χ2v) is 3.43. The first-order valence-corrected chi connectivity index (χ1v) is 5.32. The van der Waals surface area contributed by atoms with Crippen molar-refractivity contribution in [2.45, 2.75) is 19.7 Å². The maximum Gasteiger partial charge on any atom is 0.412 e. The van der Waals surface area contributed by atoms with Crippen LogP contribution in [0.2, 0.25) is 0 Å². The van der Waals surface area contributed by atoms with Crippen LogP contribution in [0.25, 0.3) is 0 Å². The van der Waals surface area contributed by atoms with Crippen molar-refractivity contribution in [3.63, 3.8) is 0 Å². The zero-order valence-corrected chi connectivity index (χ0v) is 9.60. The summed E-state index contributed by atoms with van der Waals surface area (Å²) in [5, 5.41) is 2.56. The van der Waals surface area contributed by atoms with E-state index in [9.17, 15) is 4.79 Å². The number of ether oxygens (including phenoxy) is 1. The standard InChI is InChI=1S/C11H14ClNO2/c1-3-13-11(14)15-10-5-4-8(2)6-9(10)7-12/h4-6H,3,7H2,1-2H3,(H,13,14). The molecule has 1 N–H and O–H groups in total. The number of alkyl halides is 1. The Hall–Kier alpha value is -1.22. The Labute approximate surface area is 94.4 Å². The molecule has 0 bridgehead atoms. The van der Waals surface area contributed by atoms with Crippen LogP contribution >= 0.6 is 11.6 Å². The molecule has 0 heterocycles. The van der Waals surface area contributed by atoms with E-state index < -0.39 is 6.09 Å². The van der Waals surface area contributed by atoms with Gasteiger partial charge in [0.05, 0.1) is 5.88 Å². The van der Waals surface area contributed by atoms with Gasteiger partial charge in [-0.3, -0.25) is 0 Å². The van der Waals surface area contributed by atoms with Gasteiger partial charge in [0.25, 0.3) is 0 Å². The quantitative estimate of drug-likeness (QED) is 0.807. The Kier molecular flexibility index (Phi) is 4.43. The van der Waals surface area contributed by atoms with Gasteiger partial charge in [0.15, 0.2) is 0 Å². The molecule has 1 amide bonds. The molecule has 0 aromatic heterocycles. The zero-order valence-electron chi connectivity index (χ0n) is 8.84. The molecular formula is C11H14ClNO2. The minimum Gasteiger partial charge on any atom is -0.410 e. The first kappa shape index (κ1) is 11.9. The van der Waals surface area contributed by atoms with Crippen LogP contribution in [-0.4, -0.2) is 12.6 Å². The van der Waals surface area contributed by atoms with E-state index in [2.05, 4.69) is 5.32 Å². The van der Waals surface area contributed by atoms with Crippen LogP contribution in [0.15, 0.2) is 18.2 Å². The fraction of sp³-hybridized carbons (Fsp3) is 0.364. The van der Waals surface area contributed by atoms with Crippen LogP contribution in [0, 0.1) is 6.92 Å². The molecule has 0 fully saturated rings. The van der Waals surface area contributed by atoms with Crippen molar-refractivity contribution in [1.82, 2.24) is 5.32 Å². The van der Waals surface area contributed by atoms with Crippen LogP contribution in [0.4, 0.5) is 4.79 Å². The second kappa shape index (κ2) is 5.61. The third-order valence-corrected chi connectivity index (χ3v) is 2.17. The number of halogens is 1. The average Bonchev–Trinajstić information content (AvgIpc) is 2.21.